The number of carboxylic acid groups (broad SMARTS) is 1. The molecule has 0 aromatic heterocycles. The van der Waals surface area contributed by atoms with E-state index in [1.165, 1.54) is 18.2 Å². The molecule has 0 aliphatic heterocycles. The van der Waals surface area contributed by atoms with Crippen molar-refractivity contribution in [2.75, 3.05) is 6.54 Å². The third kappa shape index (κ3) is 3.75. The molecule has 0 atom stereocenters. The Bertz CT molecular complexity index is 729. The predicted molar refractivity (Wildman–Crippen MR) is 90.6 cm³/mol. The lowest BCUT2D eigenvalue weighted by molar-refractivity contribution is -0.384. The highest BCUT2D eigenvalue weighted by atomic mass is 79.9. The van der Waals surface area contributed by atoms with E-state index in [-0.39, 0.29) is 16.8 Å². The van der Waals surface area contributed by atoms with Gasteiger partial charge >= 0.3 is 5.97 Å². The second-order valence-corrected chi connectivity index (χ2v) is 5.76. The van der Waals surface area contributed by atoms with Gasteiger partial charge in [-0.1, -0.05) is 35.0 Å². The summed E-state index contributed by atoms with van der Waals surface area (Å²) in [7, 11) is 0. The molecule has 2 rings (SSSR count). The van der Waals surface area contributed by atoms with Crippen molar-refractivity contribution in [1.82, 2.24) is 5.32 Å². The summed E-state index contributed by atoms with van der Waals surface area (Å²) in [6.07, 6.45) is 0. The molecule has 0 bridgehead atoms. The summed E-state index contributed by atoms with van der Waals surface area (Å²) in [5, 5.41) is 23.9. The van der Waals surface area contributed by atoms with Crippen LogP contribution in [0, 0.1) is 10.1 Å². The number of halogens is 1. The van der Waals surface area contributed by atoms with E-state index in [4.69, 9.17) is 0 Å². The van der Waals surface area contributed by atoms with E-state index in [0.717, 1.165) is 16.6 Å². The summed E-state index contributed by atoms with van der Waals surface area (Å²) < 4.78 is 0.724. The Morgan fingerprint density at radius 2 is 2.09 bits per heavy atom. The van der Waals surface area contributed by atoms with Crippen LogP contribution in [0.15, 0.2) is 40.9 Å². The van der Waals surface area contributed by atoms with Gasteiger partial charge in [0.05, 0.1) is 16.1 Å². The molecule has 0 unspecified atom stereocenters. The van der Waals surface area contributed by atoms with E-state index in [9.17, 15) is 20.0 Å². The molecular formula is C16H15BrN2O4. The zero-order chi connectivity index (χ0) is 17.0. The van der Waals surface area contributed by atoms with Gasteiger partial charge in [0.2, 0.25) is 0 Å². The monoisotopic (exact) mass is 378 g/mol. The second kappa shape index (κ2) is 7.34. The summed E-state index contributed by atoms with van der Waals surface area (Å²) in [5.41, 5.74) is 1.15. The molecule has 2 aromatic rings. The first-order chi connectivity index (χ1) is 11.0. The van der Waals surface area contributed by atoms with Crippen molar-refractivity contribution >= 4 is 27.6 Å². The predicted octanol–water partition coefficient (Wildman–Crippen LogP) is 3.83. The van der Waals surface area contributed by atoms with Crippen LogP contribution in [0.25, 0.3) is 11.1 Å². The fraction of sp³-hybridized carbons (Fsp3) is 0.188. The molecule has 2 aromatic carbocycles. The van der Waals surface area contributed by atoms with Crippen LogP contribution in [0.1, 0.15) is 22.8 Å². The minimum atomic E-state index is -1.20. The molecule has 0 aliphatic rings. The van der Waals surface area contributed by atoms with Crippen LogP contribution < -0.4 is 5.32 Å². The van der Waals surface area contributed by atoms with Crippen LogP contribution in [-0.2, 0) is 6.54 Å². The van der Waals surface area contributed by atoms with Gasteiger partial charge in [0.25, 0.3) is 5.69 Å². The number of nitrogens with zero attached hydrogens (tertiary/aromatic N) is 1. The van der Waals surface area contributed by atoms with Gasteiger partial charge in [-0.15, -0.1) is 0 Å². The molecule has 0 amide bonds. The Kier molecular flexibility index (Phi) is 5.46. The molecule has 0 heterocycles. The van der Waals surface area contributed by atoms with E-state index in [1.807, 2.05) is 19.1 Å². The number of hydrogen-bond acceptors (Lipinski definition) is 4. The number of carbonyl (C=O) groups is 1. The SMILES string of the molecule is CCNCc1ccc(Br)cc1-c1c(C(=O)O)cccc1[N+](=O)[O-]. The number of rotatable bonds is 6. The maximum atomic E-state index is 11.5. The maximum absolute atomic E-state index is 11.5. The molecule has 0 fully saturated rings. The zero-order valence-electron chi connectivity index (χ0n) is 12.4. The maximum Gasteiger partial charge on any atom is 0.336 e. The summed E-state index contributed by atoms with van der Waals surface area (Å²) in [4.78, 5) is 22.3. The lowest BCUT2D eigenvalue weighted by Crippen LogP contribution is -2.13. The first-order valence-electron chi connectivity index (χ1n) is 6.96. The number of benzene rings is 2. The molecule has 2 N–H and O–H groups in total. The van der Waals surface area contributed by atoms with Crippen molar-refractivity contribution < 1.29 is 14.8 Å². The van der Waals surface area contributed by atoms with Gasteiger partial charge in [-0.2, -0.15) is 0 Å². The van der Waals surface area contributed by atoms with Crippen molar-refractivity contribution in [2.45, 2.75) is 13.5 Å². The van der Waals surface area contributed by atoms with Crippen LogP contribution in [0.5, 0.6) is 0 Å². The molecule has 0 aliphatic carbocycles. The summed E-state index contributed by atoms with van der Waals surface area (Å²) in [6.45, 7) is 3.18. The Morgan fingerprint density at radius 1 is 1.35 bits per heavy atom. The quantitative estimate of drug-likeness (QED) is 0.588. The van der Waals surface area contributed by atoms with Gasteiger partial charge in [0.15, 0.2) is 0 Å². The van der Waals surface area contributed by atoms with Crippen molar-refractivity contribution in [2.24, 2.45) is 0 Å². The first kappa shape index (κ1) is 17.1. The highest BCUT2D eigenvalue weighted by Crippen LogP contribution is 2.37. The topological polar surface area (TPSA) is 92.5 Å². The highest BCUT2D eigenvalue weighted by Gasteiger charge is 2.24. The average molecular weight is 379 g/mol. The van der Waals surface area contributed by atoms with Crippen LogP contribution in [0.4, 0.5) is 5.69 Å². The molecule has 7 heteroatoms. The number of aromatic carboxylic acids is 1. The zero-order valence-corrected chi connectivity index (χ0v) is 14.0. The van der Waals surface area contributed by atoms with Crippen LogP contribution in [-0.4, -0.2) is 22.5 Å². The van der Waals surface area contributed by atoms with Gasteiger partial charge in [0.1, 0.15) is 0 Å². The fourth-order valence-electron chi connectivity index (χ4n) is 2.35. The lowest BCUT2D eigenvalue weighted by atomic mass is 9.93. The second-order valence-electron chi connectivity index (χ2n) is 4.84. The summed E-state index contributed by atoms with van der Waals surface area (Å²) >= 11 is 3.35. The Morgan fingerprint density at radius 3 is 2.70 bits per heavy atom. The van der Waals surface area contributed by atoms with Crippen molar-refractivity contribution in [3.05, 3.63) is 62.1 Å². The van der Waals surface area contributed by atoms with Gasteiger partial charge < -0.3 is 10.4 Å². The number of nitro benzene ring substituents is 1. The molecule has 6 nitrogen and oxygen atoms in total. The van der Waals surface area contributed by atoms with E-state index >= 15 is 0 Å². The number of hydrogen-bond donors (Lipinski definition) is 2. The molecule has 0 radical (unpaired) electrons. The van der Waals surface area contributed by atoms with E-state index in [1.54, 1.807) is 6.07 Å². The highest BCUT2D eigenvalue weighted by molar-refractivity contribution is 9.10. The summed E-state index contributed by atoms with van der Waals surface area (Å²) in [6, 6.07) is 9.44. The standard InChI is InChI=1S/C16H15BrN2O4/c1-2-18-9-10-6-7-11(17)8-13(10)15-12(16(20)21)4-3-5-14(15)19(22)23/h3-8,18H,2,9H2,1H3,(H,20,21). The van der Waals surface area contributed by atoms with Crippen molar-refractivity contribution in [3.63, 3.8) is 0 Å². The van der Waals surface area contributed by atoms with E-state index in [2.05, 4.69) is 21.2 Å². The minimum absolute atomic E-state index is 0.0879. The number of nitrogens with one attached hydrogen (secondary N) is 1. The van der Waals surface area contributed by atoms with Crippen LogP contribution in [0.2, 0.25) is 0 Å². The third-order valence-corrected chi connectivity index (χ3v) is 3.87. The van der Waals surface area contributed by atoms with Crippen LogP contribution >= 0.6 is 15.9 Å². The normalized spacial score (nSPS) is 10.5. The molecule has 0 spiro atoms. The molecule has 0 saturated heterocycles. The molecule has 120 valence electrons. The van der Waals surface area contributed by atoms with Gasteiger partial charge in [-0.25, -0.2) is 4.79 Å². The number of nitro groups is 1. The lowest BCUT2D eigenvalue weighted by Gasteiger charge is -2.13. The fourth-order valence-corrected chi connectivity index (χ4v) is 2.71. The minimum Gasteiger partial charge on any atom is -0.478 e. The number of carboxylic acids is 1. The van der Waals surface area contributed by atoms with E-state index in [0.29, 0.717) is 12.1 Å². The Balaban J connectivity index is 2.76. The van der Waals surface area contributed by atoms with Crippen molar-refractivity contribution in [1.29, 1.82) is 0 Å². The molecule has 0 saturated carbocycles. The van der Waals surface area contributed by atoms with Gasteiger partial charge in [0, 0.05) is 17.1 Å². The smallest absolute Gasteiger partial charge is 0.336 e. The largest absolute Gasteiger partial charge is 0.478 e. The first-order valence-corrected chi connectivity index (χ1v) is 7.75. The van der Waals surface area contributed by atoms with E-state index < -0.39 is 10.9 Å². The van der Waals surface area contributed by atoms with Gasteiger partial charge in [-0.3, -0.25) is 10.1 Å². The average Bonchev–Trinajstić information content (AvgIpc) is 2.52. The van der Waals surface area contributed by atoms with Crippen molar-refractivity contribution in [3.8, 4) is 11.1 Å². The Labute approximate surface area is 141 Å². The Hall–Kier alpha value is -2.25. The summed E-state index contributed by atoms with van der Waals surface area (Å²) in [5.74, 6) is -1.20. The molecular weight excluding hydrogens is 364 g/mol. The van der Waals surface area contributed by atoms with Gasteiger partial charge in [-0.05, 0) is 35.9 Å². The third-order valence-electron chi connectivity index (χ3n) is 3.38. The van der Waals surface area contributed by atoms with Crippen LogP contribution in [0.3, 0.4) is 0 Å². The molecule has 23 heavy (non-hydrogen) atoms.